The van der Waals surface area contributed by atoms with Gasteiger partial charge in [-0.15, -0.1) is 0 Å². The van der Waals surface area contributed by atoms with Gasteiger partial charge in [-0.05, 0) is 74.2 Å². The van der Waals surface area contributed by atoms with Crippen LogP contribution in [-0.4, -0.2) is 80.9 Å². The lowest BCUT2D eigenvalue weighted by Gasteiger charge is -2.37. The fourth-order valence-electron chi connectivity index (χ4n) is 6.10. The van der Waals surface area contributed by atoms with Gasteiger partial charge >= 0.3 is 0 Å². The molecule has 7 nitrogen and oxygen atoms in total. The number of amides is 1. The first-order chi connectivity index (χ1) is 18.7. The standard InChI is InChI=1S/C31H45N5O2/c1-2-6-31(37)32-28-11-9-25(10-12-28)13-14-34-15-17-35(18-16-34)29-23-27(26-7-4-3-5-8-26)24-30(33-29)36-19-21-38-22-20-36/h3-5,7-8,23-25,28H,2,6,9-22H2,1H3,(H,32,37)/t25-,28-. The van der Waals surface area contributed by atoms with Crippen LogP contribution in [0.2, 0.25) is 0 Å². The Balaban J connectivity index is 1.14. The summed E-state index contributed by atoms with van der Waals surface area (Å²) in [7, 11) is 0. The molecule has 1 saturated carbocycles. The molecule has 0 radical (unpaired) electrons. The fraction of sp³-hybridized carbons (Fsp3) is 0.613. The quantitative estimate of drug-likeness (QED) is 0.524. The highest BCUT2D eigenvalue weighted by atomic mass is 16.5. The number of carbonyl (C=O) groups is 1. The topological polar surface area (TPSA) is 60.9 Å². The van der Waals surface area contributed by atoms with Gasteiger partial charge in [0.15, 0.2) is 0 Å². The monoisotopic (exact) mass is 519 g/mol. The molecule has 2 saturated heterocycles. The normalized spacial score (nSPS) is 22.9. The smallest absolute Gasteiger partial charge is 0.220 e. The number of aromatic nitrogens is 1. The molecule has 1 amide bonds. The van der Waals surface area contributed by atoms with Gasteiger partial charge in [-0.3, -0.25) is 9.69 Å². The number of morpholine rings is 1. The van der Waals surface area contributed by atoms with Crippen LogP contribution in [0.3, 0.4) is 0 Å². The molecule has 206 valence electrons. The SMILES string of the molecule is CCCC(=O)N[C@H]1CC[C@H](CCN2CCN(c3cc(-c4ccccc4)cc(N4CCOCC4)n3)CC2)CC1. The summed E-state index contributed by atoms with van der Waals surface area (Å²) in [6, 6.07) is 15.6. The van der Waals surface area contributed by atoms with Crippen LogP contribution >= 0.6 is 0 Å². The number of piperazine rings is 1. The summed E-state index contributed by atoms with van der Waals surface area (Å²) in [5.74, 6) is 3.19. The van der Waals surface area contributed by atoms with E-state index in [0.29, 0.717) is 12.5 Å². The van der Waals surface area contributed by atoms with E-state index in [4.69, 9.17) is 9.72 Å². The van der Waals surface area contributed by atoms with Crippen LogP contribution in [0.1, 0.15) is 51.9 Å². The van der Waals surface area contributed by atoms with E-state index in [1.807, 2.05) is 0 Å². The van der Waals surface area contributed by atoms with Crippen molar-refractivity contribution < 1.29 is 9.53 Å². The molecule has 0 atom stereocenters. The number of benzene rings is 1. The summed E-state index contributed by atoms with van der Waals surface area (Å²) in [6.07, 6.45) is 7.64. The minimum absolute atomic E-state index is 0.231. The van der Waals surface area contributed by atoms with Crippen molar-refractivity contribution in [2.45, 2.75) is 57.9 Å². The predicted octanol–water partition coefficient (Wildman–Crippen LogP) is 4.57. The lowest BCUT2D eigenvalue weighted by Crippen LogP contribution is -2.47. The van der Waals surface area contributed by atoms with Crippen molar-refractivity contribution >= 4 is 17.5 Å². The second kappa shape index (κ2) is 13.4. The molecule has 1 aliphatic carbocycles. The molecule has 1 N–H and O–H groups in total. The number of pyridine rings is 1. The molecule has 0 bridgehead atoms. The average molecular weight is 520 g/mol. The maximum Gasteiger partial charge on any atom is 0.220 e. The molecule has 3 fully saturated rings. The number of hydrogen-bond donors (Lipinski definition) is 1. The van der Waals surface area contributed by atoms with Gasteiger partial charge in [-0.1, -0.05) is 37.3 Å². The molecule has 38 heavy (non-hydrogen) atoms. The largest absolute Gasteiger partial charge is 0.378 e. The summed E-state index contributed by atoms with van der Waals surface area (Å²) < 4.78 is 5.59. The molecule has 5 rings (SSSR count). The third-order valence-electron chi connectivity index (χ3n) is 8.48. The second-order valence-electron chi connectivity index (χ2n) is 11.2. The number of anilines is 2. The zero-order valence-electron chi connectivity index (χ0n) is 23.1. The van der Waals surface area contributed by atoms with Gasteiger partial charge in [-0.2, -0.15) is 0 Å². The van der Waals surface area contributed by atoms with E-state index in [1.54, 1.807) is 0 Å². The summed E-state index contributed by atoms with van der Waals surface area (Å²) in [4.78, 5) is 24.5. The zero-order chi connectivity index (χ0) is 26.2. The summed E-state index contributed by atoms with van der Waals surface area (Å²) in [5.41, 5.74) is 2.48. The van der Waals surface area contributed by atoms with Crippen molar-refractivity contribution in [1.82, 2.24) is 15.2 Å². The van der Waals surface area contributed by atoms with Crippen LogP contribution in [0.5, 0.6) is 0 Å². The van der Waals surface area contributed by atoms with Crippen LogP contribution in [0.4, 0.5) is 11.6 Å². The molecule has 3 heterocycles. The third-order valence-corrected chi connectivity index (χ3v) is 8.48. The zero-order valence-corrected chi connectivity index (χ0v) is 23.1. The first-order valence-corrected chi connectivity index (χ1v) is 14.8. The molecule has 2 aromatic rings. The molecular weight excluding hydrogens is 474 g/mol. The van der Waals surface area contributed by atoms with Gasteiger partial charge in [0.2, 0.25) is 5.91 Å². The minimum atomic E-state index is 0.231. The molecule has 7 heteroatoms. The summed E-state index contributed by atoms with van der Waals surface area (Å²) in [6.45, 7) is 10.8. The summed E-state index contributed by atoms with van der Waals surface area (Å²) >= 11 is 0. The molecule has 3 aliphatic rings. The van der Waals surface area contributed by atoms with Crippen LogP contribution in [0.25, 0.3) is 11.1 Å². The molecule has 2 aliphatic heterocycles. The van der Waals surface area contributed by atoms with Crippen molar-refractivity contribution in [2.24, 2.45) is 5.92 Å². The van der Waals surface area contributed by atoms with Gasteiger partial charge in [0, 0.05) is 51.7 Å². The third kappa shape index (κ3) is 7.26. The lowest BCUT2D eigenvalue weighted by atomic mass is 9.84. The number of hydrogen-bond acceptors (Lipinski definition) is 6. The fourth-order valence-corrected chi connectivity index (χ4v) is 6.10. The van der Waals surface area contributed by atoms with E-state index in [0.717, 1.165) is 89.3 Å². The Morgan fingerprint density at radius 1 is 0.895 bits per heavy atom. The van der Waals surface area contributed by atoms with Crippen LogP contribution in [-0.2, 0) is 9.53 Å². The number of rotatable bonds is 9. The van der Waals surface area contributed by atoms with E-state index in [-0.39, 0.29) is 5.91 Å². The highest BCUT2D eigenvalue weighted by molar-refractivity contribution is 5.76. The van der Waals surface area contributed by atoms with Gasteiger partial charge in [0.1, 0.15) is 11.6 Å². The molecular formula is C31H45N5O2. The highest BCUT2D eigenvalue weighted by Gasteiger charge is 2.25. The average Bonchev–Trinajstić information content (AvgIpc) is 2.98. The summed E-state index contributed by atoms with van der Waals surface area (Å²) in [5, 5.41) is 3.24. The van der Waals surface area contributed by atoms with Crippen molar-refractivity contribution in [3.05, 3.63) is 42.5 Å². The van der Waals surface area contributed by atoms with Crippen molar-refractivity contribution in [2.75, 3.05) is 68.8 Å². The van der Waals surface area contributed by atoms with Crippen molar-refractivity contribution in [3.63, 3.8) is 0 Å². The lowest BCUT2D eigenvalue weighted by molar-refractivity contribution is -0.122. The van der Waals surface area contributed by atoms with Crippen LogP contribution < -0.4 is 15.1 Å². The van der Waals surface area contributed by atoms with E-state index in [1.165, 1.54) is 36.9 Å². The Morgan fingerprint density at radius 2 is 1.55 bits per heavy atom. The van der Waals surface area contributed by atoms with Crippen molar-refractivity contribution in [3.8, 4) is 11.1 Å². The van der Waals surface area contributed by atoms with Gasteiger partial charge in [0.25, 0.3) is 0 Å². The predicted molar refractivity (Wildman–Crippen MR) is 155 cm³/mol. The van der Waals surface area contributed by atoms with Crippen molar-refractivity contribution in [1.29, 1.82) is 0 Å². The Morgan fingerprint density at radius 3 is 2.21 bits per heavy atom. The maximum atomic E-state index is 11.9. The number of ether oxygens (including phenoxy) is 1. The Bertz CT molecular complexity index is 1010. The van der Waals surface area contributed by atoms with Gasteiger partial charge in [-0.25, -0.2) is 4.98 Å². The number of carbonyl (C=O) groups excluding carboxylic acids is 1. The van der Waals surface area contributed by atoms with Gasteiger partial charge < -0.3 is 19.9 Å². The first-order valence-electron chi connectivity index (χ1n) is 14.8. The first kappa shape index (κ1) is 26.9. The van der Waals surface area contributed by atoms with E-state index >= 15 is 0 Å². The number of nitrogens with one attached hydrogen (secondary N) is 1. The minimum Gasteiger partial charge on any atom is -0.378 e. The maximum absolute atomic E-state index is 11.9. The van der Waals surface area contributed by atoms with Gasteiger partial charge in [0.05, 0.1) is 13.2 Å². The Hall–Kier alpha value is -2.64. The Labute approximate surface area is 228 Å². The Kier molecular flexibility index (Phi) is 9.52. The molecule has 1 aromatic carbocycles. The molecule has 0 spiro atoms. The second-order valence-corrected chi connectivity index (χ2v) is 11.2. The van der Waals surface area contributed by atoms with E-state index in [9.17, 15) is 4.79 Å². The van der Waals surface area contributed by atoms with Crippen LogP contribution in [0, 0.1) is 5.92 Å². The molecule has 1 aromatic heterocycles. The van der Waals surface area contributed by atoms with Crippen LogP contribution in [0.15, 0.2) is 42.5 Å². The molecule has 0 unspecified atom stereocenters. The van der Waals surface area contributed by atoms with E-state index < -0.39 is 0 Å². The highest BCUT2D eigenvalue weighted by Crippen LogP contribution is 2.30. The van der Waals surface area contributed by atoms with E-state index in [2.05, 4.69) is 69.4 Å². The number of nitrogens with zero attached hydrogens (tertiary/aromatic N) is 4.